The lowest BCUT2D eigenvalue weighted by Gasteiger charge is -2.30. The number of rotatable bonds is 3. The topological polar surface area (TPSA) is 64.3 Å². The van der Waals surface area contributed by atoms with E-state index in [0.717, 1.165) is 12.8 Å². The van der Waals surface area contributed by atoms with Crippen molar-refractivity contribution >= 4 is 23.1 Å². The van der Waals surface area contributed by atoms with Crippen LogP contribution in [0.1, 0.15) is 33.6 Å². The van der Waals surface area contributed by atoms with Gasteiger partial charge in [-0.25, -0.2) is 0 Å². The predicted molar refractivity (Wildman–Crippen MR) is 62.6 cm³/mol. The monoisotopic (exact) mass is 230 g/mol. The summed E-state index contributed by atoms with van der Waals surface area (Å²) in [5.41, 5.74) is 4.15. The maximum atomic E-state index is 11.9. The molecule has 1 amide bonds. The van der Waals surface area contributed by atoms with Gasteiger partial charge in [0, 0.05) is 6.61 Å². The van der Waals surface area contributed by atoms with Crippen molar-refractivity contribution in [1.82, 2.24) is 5.32 Å². The number of nitrogens with one attached hydrogen (secondary N) is 1. The van der Waals surface area contributed by atoms with Gasteiger partial charge >= 0.3 is 0 Å². The zero-order chi connectivity index (χ0) is 11.7. The second kappa shape index (κ2) is 4.06. The molecular weight excluding hydrogens is 212 g/mol. The molecular formula is C10H18N2O2S. The Morgan fingerprint density at radius 1 is 1.60 bits per heavy atom. The Balaban J connectivity index is 2.66. The minimum atomic E-state index is -0.720. The van der Waals surface area contributed by atoms with Crippen molar-refractivity contribution in [3.05, 3.63) is 0 Å². The normalized spacial score (nSPS) is 26.3. The van der Waals surface area contributed by atoms with Crippen LogP contribution in [0.25, 0.3) is 0 Å². The Morgan fingerprint density at radius 2 is 2.20 bits per heavy atom. The zero-order valence-electron chi connectivity index (χ0n) is 9.42. The van der Waals surface area contributed by atoms with Crippen LogP contribution in [0.15, 0.2) is 0 Å². The summed E-state index contributed by atoms with van der Waals surface area (Å²) in [5.74, 6) is -0.141. The Morgan fingerprint density at radius 3 is 2.60 bits per heavy atom. The SMILES string of the molecule is CC(C)(NC(=O)C1(C)CCCO1)C(N)=S. The van der Waals surface area contributed by atoms with E-state index in [-0.39, 0.29) is 10.9 Å². The van der Waals surface area contributed by atoms with Gasteiger partial charge in [0.05, 0.1) is 10.5 Å². The van der Waals surface area contributed by atoms with Crippen molar-refractivity contribution in [2.45, 2.75) is 44.8 Å². The van der Waals surface area contributed by atoms with Gasteiger partial charge in [-0.1, -0.05) is 12.2 Å². The molecule has 0 radical (unpaired) electrons. The maximum Gasteiger partial charge on any atom is 0.252 e. The standard InChI is InChI=1S/C10H18N2O2S/c1-9(2,7(11)15)12-8(13)10(3)5-4-6-14-10/h4-6H2,1-3H3,(H2,11,15)(H,12,13). The molecule has 0 spiro atoms. The highest BCUT2D eigenvalue weighted by molar-refractivity contribution is 7.80. The average Bonchev–Trinajstić information content (AvgIpc) is 2.52. The lowest BCUT2D eigenvalue weighted by Crippen LogP contribution is -2.57. The molecule has 1 unspecified atom stereocenters. The van der Waals surface area contributed by atoms with Crippen LogP contribution in [-0.4, -0.2) is 28.6 Å². The number of hydrogen-bond acceptors (Lipinski definition) is 3. The minimum Gasteiger partial charge on any atom is -0.391 e. The second-order valence-electron chi connectivity index (χ2n) is 4.63. The molecule has 1 atom stereocenters. The number of nitrogens with two attached hydrogens (primary N) is 1. The molecule has 0 aliphatic carbocycles. The van der Waals surface area contributed by atoms with Gasteiger partial charge in [0.2, 0.25) is 0 Å². The molecule has 0 bridgehead atoms. The molecule has 0 saturated carbocycles. The quantitative estimate of drug-likeness (QED) is 0.702. The highest BCUT2D eigenvalue weighted by atomic mass is 32.1. The van der Waals surface area contributed by atoms with Gasteiger partial charge in [0.25, 0.3) is 5.91 Å². The van der Waals surface area contributed by atoms with Crippen LogP contribution in [-0.2, 0) is 9.53 Å². The van der Waals surface area contributed by atoms with Crippen LogP contribution in [0.3, 0.4) is 0 Å². The Hall–Kier alpha value is -0.680. The largest absolute Gasteiger partial charge is 0.391 e. The fraction of sp³-hybridized carbons (Fsp3) is 0.800. The third kappa shape index (κ3) is 2.66. The van der Waals surface area contributed by atoms with E-state index >= 15 is 0 Å². The number of ether oxygens (including phenoxy) is 1. The lowest BCUT2D eigenvalue weighted by atomic mass is 9.98. The van der Waals surface area contributed by atoms with E-state index in [9.17, 15) is 4.79 Å². The van der Waals surface area contributed by atoms with E-state index in [0.29, 0.717) is 6.61 Å². The van der Waals surface area contributed by atoms with Gasteiger partial charge < -0.3 is 15.8 Å². The maximum absolute atomic E-state index is 11.9. The van der Waals surface area contributed by atoms with Crippen LogP contribution in [0.2, 0.25) is 0 Å². The summed E-state index contributed by atoms with van der Waals surface area (Å²) in [6, 6.07) is 0. The van der Waals surface area contributed by atoms with Crippen molar-refractivity contribution in [1.29, 1.82) is 0 Å². The smallest absolute Gasteiger partial charge is 0.252 e. The van der Waals surface area contributed by atoms with Gasteiger partial charge in [0.15, 0.2) is 0 Å². The van der Waals surface area contributed by atoms with Crippen molar-refractivity contribution in [2.24, 2.45) is 5.73 Å². The molecule has 0 aromatic heterocycles. The Bertz CT molecular complexity index is 283. The Kier molecular flexibility index (Phi) is 3.35. The summed E-state index contributed by atoms with van der Waals surface area (Å²) in [6.45, 7) is 6.00. The van der Waals surface area contributed by atoms with Crippen molar-refractivity contribution < 1.29 is 9.53 Å². The number of carbonyl (C=O) groups excluding carboxylic acids is 1. The highest BCUT2D eigenvalue weighted by Crippen LogP contribution is 2.25. The first kappa shape index (κ1) is 12.4. The van der Waals surface area contributed by atoms with E-state index in [4.69, 9.17) is 22.7 Å². The van der Waals surface area contributed by atoms with Gasteiger partial charge in [-0.05, 0) is 33.6 Å². The van der Waals surface area contributed by atoms with Crippen molar-refractivity contribution in [2.75, 3.05) is 6.61 Å². The zero-order valence-corrected chi connectivity index (χ0v) is 10.2. The summed E-state index contributed by atoms with van der Waals surface area (Å²) >= 11 is 4.88. The van der Waals surface area contributed by atoms with E-state index in [1.807, 2.05) is 0 Å². The average molecular weight is 230 g/mol. The van der Waals surface area contributed by atoms with Crippen molar-refractivity contribution in [3.8, 4) is 0 Å². The molecule has 5 heteroatoms. The summed E-state index contributed by atoms with van der Waals surface area (Å²) in [5, 5.41) is 2.81. The predicted octanol–water partition coefficient (Wildman–Crippen LogP) is 0.736. The van der Waals surface area contributed by atoms with Crippen LogP contribution in [0.5, 0.6) is 0 Å². The fourth-order valence-corrected chi connectivity index (χ4v) is 1.49. The van der Waals surface area contributed by atoms with Gasteiger partial charge in [0.1, 0.15) is 5.60 Å². The molecule has 3 N–H and O–H groups in total. The van der Waals surface area contributed by atoms with Crippen LogP contribution in [0, 0.1) is 0 Å². The molecule has 1 fully saturated rings. The van der Waals surface area contributed by atoms with Crippen LogP contribution < -0.4 is 11.1 Å². The van der Waals surface area contributed by atoms with E-state index in [1.54, 1.807) is 20.8 Å². The molecule has 86 valence electrons. The first-order chi connectivity index (χ1) is 6.78. The minimum absolute atomic E-state index is 0.141. The molecule has 15 heavy (non-hydrogen) atoms. The summed E-state index contributed by atoms with van der Waals surface area (Å²) in [6.07, 6.45) is 1.66. The molecule has 1 rings (SSSR count). The first-order valence-electron chi connectivity index (χ1n) is 5.04. The van der Waals surface area contributed by atoms with Gasteiger partial charge in [-0.2, -0.15) is 0 Å². The number of carbonyl (C=O) groups is 1. The third-order valence-corrected chi connectivity index (χ3v) is 3.25. The molecule has 1 heterocycles. The summed E-state index contributed by atoms with van der Waals surface area (Å²) in [7, 11) is 0. The second-order valence-corrected chi connectivity index (χ2v) is 5.07. The van der Waals surface area contributed by atoms with E-state index in [1.165, 1.54) is 0 Å². The number of hydrogen-bond donors (Lipinski definition) is 2. The molecule has 1 saturated heterocycles. The fourth-order valence-electron chi connectivity index (χ4n) is 1.44. The highest BCUT2D eigenvalue weighted by Gasteiger charge is 2.40. The Labute approximate surface area is 95.5 Å². The first-order valence-corrected chi connectivity index (χ1v) is 5.45. The van der Waals surface area contributed by atoms with Gasteiger partial charge in [-0.3, -0.25) is 4.79 Å². The van der Waals surface area contributed by atoms with Gasteiger partial charge in [-0.15, -0.1) is 0 Å². The number of amides is 1. The molecule has 0 aromatic carbocycles. The molecule has 1 aliphatic rings. The summed E-state index contributed by atoms with van der Waals surface area (Å²) < 4.78 is 5.43. The molecule has 4 nitrogen and oxygen atoms in total. The van der Waals surface area contributed by atoms with Crippen molar-refractivity contribution in [3.63, 3.8) is 0 Å². The lowest BCUT2D eigenvalue weighted by molar-refractivity contribution is -0.140. The van der Waals surface area contributed by atoms with Crippen LogP contribution >= 0.6 is 12.2 Å². The van der Waals surface area contributed by atoms with E-state index < -0.39 is 11.1 Å². The van der Waals surface area contributed by atoms with Crippen LogP contribution in [0.4, 0.5) is 0 Å². The number of thiocarbonyl (C=S) groups is 1. The summed E-state index contributed by atoms with van der Waals surface area (Å²) in [4.78, 5) is 12.2. The third-order valence-electron chi connectivity index (χ3n) is 2.74. The molecule has 1 aliphatic heterocycles. The molecule has 0 aromatic rings. The van der Waals surface area contributed by atoms with E-state index in [2.05, 4.69) is 5.32 Å².